The lowest BCUT2D eigenvalue weighted by Crippen LogP contribution is -1.96. The number of benzene rings is 3. The quantitative estimate of drug-likeness (QED) is 0.523. The largest absolute Gasteiger partial charge is 0.380 e. The number of ether oxygens (including phenoxy) is 1. The fourth-order valence-electron chi connectivity index (χ4n) is 2.97. The zero-order valence-electron chi connectivity index (χ0n) is 14.0. The van der Waals surface area contributed by atoms with Gasteiger partial charge in [0.2, 0.25) is 0 Å². The molecule has 0 aliphatic heterocycles. The summed E-state index contributed by atoms with van der Waals surface area (Å²) in [6.07, 6.45) is 0. The van der Waals surface area contributed by atoms with Crippen LogP contribution in [0.15, 0.2) is 78.9 Å². The van der Waals surface area contributed by atoms with Gasteiger partial charge in [-0.3, -0.25) is 0 Å². The highest BCUT2D eigenvalue weighted by molar-refractivity contribution is 5.86. The first-order valence-electron chi connectivity index (χ1n) is 8.25. The van der Waals surface area contributed by atoms with Gasteiger partial charge in [-0.25, -0.2) is 9.97 Å². The maximum Gasteiger partial charge on any atom is 0.0973 e. The van der Waals surface area contributed by atoms with E-state index in [0.717, 1.165) is 39.1 Å². The molecule has 4 aromatic rings. The first-order chi connectivity index (χ1) is 12.3. The molecule has 0 spiro atoms. The van der Waals surface area contributed by atoms with Crippen LogP contribution in [0.4, 0.5) is 0 Å². The molecule has 0 fully saturated rings. The van der Waals surface area contributed by atoms with Gasteiger partial charge in [0, 0.05) is 18.2 Å². The average Bonchev–Trinajstić information content (AvgIpc) is 2.68. The van der Waals surface area contributed by atoms with E-state index in [0.29, 0.717) is 6.61 Å². The molecule has 0 bridgehead atoms. The van der Waals surface area contributed by atoms with Crippen molar-refractivity contribution in [1.29, 1.82) is 0 Å². The number of nitrogens with zero attached hydrogens (tertiary/aromatic N) is 2. The second kappa shape index (κ2) is 6.83. The van der Waals surface area contributed by atoms with Crippen molar-refractivity contribution in [3.8, 4) is 22.5 Å². The topological polar surface area (TPSA) is 35.0 Å². The zero-order valence-corrected chi connectivity index (χ0v) is 14.0. The summed E-state index contributed by atoms with van der Waals surface area (Å²) in [4.78, 5) is 9.82. The Hall–Kier alpha value is -3.04. The number of hydrogen-bond acceptors (Lipinski definition) is 3. The molecule has 1 heterocycles. The van der Waals surface area contributed by atoms with Crippen molar-refractivity contribution in [2.45, 2.75) is 6.61 Å². The molecule has 1 aromatic heterocycles. The first-order valence-corrected chi connectivity index (χ1v) is 8.25. The fraction of sp³-hybridized carbons (Fsp3) is 0.0909. The van der Waals surface area contributed by atoms with Crippen molar-refractivity contribution in [2.75, 3.05) is 7.11 Å². The third-order valence-electron chi connectivity index (χ3n) is 4.13. The van der Waals surface area contributed by atoms with Gasteiger partial charge in [-0.15, -0.1) is 0 Å². The Kier molecular flexibility index (Phi) is 4.23. The average molecular weight is 326 g/mol. The van der Waals surface area contributed by atoms with Crippen LogP contribution in [0.25, 0.3) is 33.5 Å². The maximum absolute atomic E-state index is 5.27. The number of para-hydroxylation sites is 2. The Bertz CT molecular complexity index is 1010. The van der Waals surface area contributed by atoms with Crippen LogP contribution in [-0.4, -0.2) is 17.1 Å². The van der Waals surface area contributed by atoms with Crippen molar-refractivity contribution < 1.29 is 4.74 Å². The molecule has 3 nitrogen and oxygen atoms in total. The van der Waals surface area contributed by atoms with Crippen molar-refractivity contribution >= 4 is 11.0 Å². The predicted octanol–water partition coefficient (Wildman–Crippen LogP) is 5.11. The summed E-state index contributed by atoms with van der Waals surface area (Å²) < 4.78 is 5.27. The Balaban J connectivity index is 1.96. The molecule has 25 heavy (non-hydrogen) atoms. The van der Waals surface area contributed by atoms with Crippen LogP contribution in [0.5, 0.6) is 0 Å². The predicted molar refractivity (Wildman–Crippen MR) is 101 cm³/mol. The van der Waals surface area contributed by atoms with Gasteiger partial charge in [0.15, 0.2) is 0 Å². The third kappa shape index (κ3) is 3.14. The monoisotopic (exact) mass is 326 g/mol. The van der Waals surface area contributed by atoms with E-state index in [-0.39, 0.29) is 0 Å². The van der Waals surface area contributed by atoms with Gasteiger partial charge in [0.1, 0.15) is 0 Å². The standard InChI is InChI=1S/C22H18N2O/c1-25-15-16-8-7-11-18(14-16)22-21(17-9-3-2-4-10-17)23-19-12-5-6-13-20(19)24-22/h2-14H,15H2,1H3. The highest BCUT2D eigenvalue weighted by atomic mass is 16.5. The number of rotatable bonds is 4. The molecule has 3 heteroatoms. The van der Waals surface area contributed by atoms with Crippen LogP contribution in [0.1, 0.15) is 5.56 Å². The minimum absolute atomic E-state index is 0.579. The van der Waals surface area contributed by atoms with Crippen LogP contribution in [-0.2, 0) is 11.3 Å². The van der Waals surface area contributed by atoms with Gasteiger partial charge in [0.25, 0.3) is 0 Å². The molecule has 0 aliphatic rings. The van der Waals surface area contributed by atoms with Gasteiger partial charge in [-0.2, -0.15) is 0 Å². The molecule has 0 saturated heterocycles. The number of aromatic nitrogens is 2. The van der Waals surface area contributed by atoms with Crippen LogP contribution >= 0.6 is 0 Å². The Morgan fingerprint density at radius 1 is 0.680 bits per heavy atom. The smallest absolute Gasteiger partial charge is 0.0973 e. The van der Waals surface area contributed by atoms with Crippen molar-refractivity contribution in [3.63, 3.8) is 0 Å². The summed E-state index contributed by atoms with van der Waals surface area (Å²) in [6, 6.07) is 26.5. The molecule has 0 radical (unpaired) electrons. The first kappa shape index (κ1) is 15.5. The highest BCUT2D eigenvalue weighted by Gasteiger charge is 2.13. The second-order valence-electron chi connectivity index (χ2n) is 5.91. The lowest BCUT2D eigenvalue weighted by atomic mass is 10.0. The van der Waals surface area contributed by atoms with E-state index >= 15 is 0 Å². The number of fused-ring (bicyclic) bond motifs is 1. The van der Waals surface area contributed by atoms with Crippen LogP contribution < -0.4 is 0 Å². The molecule has 122 valence electrons. The van der Waals surface area contributed by atoms with E-state index in [1.807, 2.05) is 48.5 Å². The van der Waals surface area contributed by atoms with E-state index in [1.165, 1.54) is 0 Å². The lowest BCUT2D eigenvalue weighted by molar-refractivity contribution is 0.185. The van der Waals surface area contributed by atoms with E-state index in [9.17, 15) is 0 Å². The third-order valence-corrected chi connectivity index (χ3v) is 4.13. The summed E-state index contributed by atoms with van der Waals surface area (Å²) in [6.45, 7) is 0.579. The van der Waals surface area contributed by atoms with Crippen LogP contribution in [0.2, 0.25) is 0 Å². The highest BCUT2D eigenvalue weighted by Crippen LogP contribution is 2.31. The van der Waals surface area contributed by atoms with E-state index in [4.69, 9.17) is 14.7 Å². The summed E-state index contributed by atoms with van der Waals surface area (Å²) in [5.74, 6) is 0. The molecule has 4 rings (SSSR count). The summed E-state index contributed by atoms with van der Waals surface area (Å²) in [7, 11) is 1.71. The molecule has 0 aliphatic carbocycles. The number of methoxy groups -OCH3 is 1. The molecule has 0 N–H and O–H groups in total. The van der Waals surface area contributed by atoms with Crippen molar-refractivity contribution in [3.05, 3.63) is 84.4 Å². The molecule has 0 saturated carbocycles. The van der Waals surface area contributed by atoms with E-state index in [1.54, 1.807) is 7.11 Å². The van der Waals surface area contributed by atoms with Crippen LogP contribution in [0, 0.1) is 0 Å². The summed E-state index contributed by atoms with van der Waals surface area (Å²) in [5, 5.41) is 0. The normalized spacial score (nSPS) is 10.9. The van der Waals surface area contributed by atoms with Gasteiger partial charge >= 0.3 is 0 Å². The zero-order chi connectivity index (χ0) is 17.1. The maximum atomic E-state index is 5.27. The Labute approximate surface area is 147 Å². The lowest BCUT2D eigenvalue weighted by Gasteiger charge is -2.11. The van der Waals surface area contributed by atoms with Crippen molar-refractivity contribution in [2.24, 2.45) is 0 Å². The second-order valence-corrected chi connectivity index (χ2v) is 5.91. The molecular weight excluding hydrogens is 308 g/mol. The van der Waals surface area contributed by atoms with Gasteiger partial charge in [-0.05, 0) is 23.8 Å². The van der Waals surface area contributed by atoms with Crippen LogP contribution in [0.3, 0.4) is 0 Å². The van der Waals surface area contributed by atoms with E-state index < -0.39 is 0 Å². The Morgan fingerprint density at radius 3 is 1.96 bits per heavy atom. The van der Waals surface area contributed by atoms with Crippen molar-refractivity contribution in [1.82, 2.24) is 9.97 Å². The Morgan fingerprint density at radius 2 is 1.28 bits per heavy atom. The minimum Gasteiger partial charge on any atom is -0.380 e. The summed E-state index contributed by atoms with van der Waals surface area (Å²) in [5.41, 5.74) is 6.82. The minimum atomic E-state index is 0.579. The SMILES string of the molecule is COCc1cccc(-c2nc3ccccc3nc2-c2ccccc2)c1. The van der Waals surface area contributed by atoms with Gasteiger partial charge in [-0.1, -0.05) is 60.7 Å². The summed E-state index contributed by atoms with van der Waals surface area (Å²) >= 11 is 0. The molecule has 0 amide bonds. The fourth-order valence-corrected chi connectivity index (χ4v) is 2.97. The molecule has 0 unspecified atom stereocenters. The van der Waals surface area contributed by atoms with E-state index in [2.05, 4.69) is 30.3 Å². The molecular formula is C22H18N2O. The van der Waals surface area contributed by atoms with Gasteiger partial charge in [0.05, 0.1) is 29.0 Å². The molecule has 0 atom stereocenters. The number of hydrogen-bond donors (Lipinski definition) is 0. The van der Waals surface area contributed by atoms with Gasteiger partial charge < -0.3 is 4.74 Å². The molecule has 3 aromatic carbocycles.